The lowest BCUT2D eigenvalue weighted by Gasteiger charge is -2.33. The van der Waals surface area contributed by atoms with Crippen LogP contribution in [-0.2, 0) is 0 Å². The van der Waals surface area contributed by atoms with Gasteiger partial charge in [0.1, 0.15) is 5.75 Å². The van der Waals surface area contributed by atoms with Crippen molar-refractivity contribution in [1.82, 2.24) is 4.98 Å². The predicted molar refractivity (Wildman–Crippen MR) is 104 cm³/mol. The molecular formula is C22H22N2O2. The molecule has 0 bridgehead atoms. The van der Waals surface area contributed by atoms with E-state index in [1.54, 1.807) is 7.11 Å². The second kappa shape index (κ2) is 6.45. The monoisotopic (exact) mass is 346 g/mol. The van der Waals surface area contributed by atoms with Crippen molar-refractivity contribution in [3.8, 4) is 5.75 Å². The molecule has 0 spiro atoms. The fourth-order valence-electron chi connectivity index (χ4n) is 3.70. The number of carbonyl (C=O) groups excluding carboxylic acids is 1. The highest BCUT2D eigenvalue weighted by molar-refractivity contribution is 6.09. The van der Waals surface area contributed by atoms with Crippen molar-refractivity contribution in [2.45, 2.75) is 26.2 Å². The Bertz CT molecular complexity index is 997. The number of nitrogens with zero attached hydrogens (tertiary/aromatic N) is 2. The number of fused-ring (bicyclic) bond motifs is 2. The summed E-state index contributed by atoms with van der Waals surface area (Å²) in [6, 6.07) is 15.9. The van der Waals surface area contributed by atoms with Gasteiger partial charge in [0.15, 0.2) is 0 Å². The number of benzene rings is 2. The van der Waals surface area contributed by atoms with Gasteiger partial charge in [0, 0.05) is 17.6 Å². The zero-order chi connectivity index (χ0) is 18.3. The van der Waals surface area contributed by atoms with E-state index in [4.69, 9.17) is 4.74 Å². The lowest BCUT2D eigenvalue weighted by atomic mass is 9.91. The molecule has 1 amide bonds. The molecule has 1 atom stereocenters. The van der Waals surface area contributed by atoms with Gasteiger partial charge in [-0.25, -0.2) is 0 Å². The Labute approximate surface area is 153 Å². The Kier molecular flexibility index (Phi) is 4.11. The molecular weight excluding hydrogens is 324 g/mol. The largest absolute Gasteiger partial charge is 0.497 e. The molecule has 0 saturated carbocycles. The zero-order valence-corrected chi connectivity index (χ0v) is 15.3. The molecule has 1 unspecified atom stereocenters. The van der Waals surface area contributed by atoms with Gasteiger partial charge in [0.25, 0.3) is 5.91 Å². The molecule has 1 aliphatic rings. The van der Waals surface area contributed by atoms with Crippen molar-refractivity contribution in [3.63, 3.8) is 0 Å². The minimum Gasteiger partial charge on any atom is -0.497 e. The molecule has 0 aliphatic carbocycles. The van der Waals surface area contributed by atoms with Gasteiger partial charge in [-0.3, -0.25) is 9.78 Å². The summed E-state index contributed by atoms with van der Waals surface area (Å²) in [6.07, 6.45) is 0.969. The second-order valence-electron chi connectivity index (χ2n) is 6.89. The Balaban J connectivity index is 1.79. The van der Waals surface area contributed by atoms with Crippen LogP contribution < -0.4 is 9.64 Å². The van der Waals surface area contributed by atoms with E-state index in [2.05, 4.69) is 18.0 Å². The molecule has 1 aliphatic heterocycles. The van der Waals surface area contributed by atoms with Crippen LogP contribution in [0, 0.1) is 6.92 Å². The summed E-state index contributed by atoms with van der Waals surface area (Å²) >= 11 is 0. The number of amides is 1. The van der Waals surface area contributed by atoms with Crippen LogP contribution in [0.4, 0.5) is 5.69 Å². The van der Waals surface area contributed by atoms with Crippen molar-refractivity contribution in [1.29, 1.82) is 0 Å². The third kappa shape index (κ3) is 2.71. The van der Waals surface area contributed by atoms with Crippen molar-refractivity contribution < 1.29 is 9.53 Å². The Morgan fingerprint density at radius 3 is 2.81 bits per heavy atom. The highest BCUT2D eigenvalue weighted by atomic mass is 16.5. The number of anilines is 1. The standard InChI is InChI=1S/C22H22N2O2/c1-14-10-11-24(21-7-5-4-6-18(14)21)22(25)19-13-16-12-17(26-3)8-9-20(16)23-15(19)2/h4-9,12-14H,10-11H2,1-3H3. The van der Waals surface area contributed by atoms with Crippen molar-refractivity contribution >= 4 is 22.5 Å². The van der Waals surface area contributed by atoms with Crippen LogP contribution in [-0.4, -0.2) is 24.5 Å². The highest BCUT2D eigenvalue weighted by Crippen LogP contribution is 2.36. The van der Waals surface area contributed by atoms with E-state index in [9.17, 15) is 4.79 Å². The number of carbonyl (C=O) groups is 1. The molecule has 1 aromatic heterocycles. The van der Waals surface area contributed by atoms with Crippen LogP contribution in [0.25, 0.3) is 10.9 Å². The average Bonchev–Trinajstić information content (AvgIpc) is 2.67. The summed E-state index contributed by atoms with van der Waals surface area (Å²) in [5, 5.41) is 0.914. The smallest absolute Gasteiger partial charge is 0.260 e. The Morgan fingerprint density at radius 2 is 2.00 bits per heavy atom. The van der Waals surface area contributed by atoms with Crippen molar-refractivity contribution in [2.75, 3.05) is 18.6 Å². The molecule has 0 saturated heterocycles. The minimum absolute atomic E-state index is 0.0130. The number of aromatic nitrogens is 1. The number of pyridine rings is 1. The van der Waals surface area contributed by atoms with Gasteiger partial charge in [-0.15, -0.1) is 0 Å². The first-order valence-electron chi connectivity index (χ1n) is 8.94. The molecule has 4 rings (SSSR count). The van der Waals surface area contributed by atoms with Crippen molar-refractivity contribution in [2.24, 2.45) is 0 Å². The molecule has 4 nitrogen and oxygen atoms in total. The number of hydrogen-bond donors (Lipinski definition) is 0. The number of rotatable bonds is 2. The van der Waals surface area contributed by atoms with E-state index >= 15 is 0 Å². The first kappa shape index (κ1) is 16.6. The quantitative estimate of drug-likeness (QED) is 0.675. The van der Waals surface area contributed by atoms with Crippen LogP contribution in [0.5, 0.6) is 5.75 Å². The van der Waals surface area contributed by atoms with Gasteiger partial charge >= 0.3 is 0 Å². The van der Waals surface area contributed by atoms with Crippen LogP contribution in [0.3, 0.4) is 0 Å². The van der Waals surface area contributed by atoms with Crippen LogP contribution in [0.1, 0.15) is 40.9 Å². The maximum absolute atomic E-state index is 13.3. The molecule has 4 heteroatoms. The van der Waals surface area contributed by atoms with Crippen LogP contribution in [0.2, 0.25) is 0 Å². The SMILES string of the molecule is COc1ccc2nc(C)c(C(=O)N3CCC(C)c4ccccc43)cc2c1. The molecule has 132 valence electrons. The maximum Gasteiger partial charge on any atom is 0.260 e. The van der Waals surface area contributed by atoms with Crippen LogP contribution >= 0.6 is 0 Å². The van der Waals surface area contributed by atoms with Gasteiger partial charge in [0.05, 0.1) is 23.9 Å². The van der Waals surface area contributed by atoms with E-state index in [0.717, 1.165) is 41.0 Å². The van der Waals surface area contributed by atoms with E-state index in [0.29, 0.717) is 11.5 Å². The molecule has 2 heterocycles. The Morgan fingerprint density at radius 1 is 1.19 bits per heavy atom. The number of aryl methyl sites for hydroxylation is 1. The van der Waals surface area contributed by atoms with E-state index < -0.39 is 0 Å². The summed E-state index contributed by atoms with van der Waals surface area (Å²) in [5.74, 6) is 1.24. The fraction of sp³-hybridized carbons (Fsp3) is 0.273. The first-order chi connectivity index (χ1) is 12.6. The number of hydrogen-bond acceptors (Lipinski definition) is 3. The van der Waals surface area contributed by atoms with Gasteiger partial charge < -0.3 is 9.64 Å². The molecule has 2 aromatic carbocycles. The molecule has 0 fully saturated rings. The van der Waals surface area contributed by atoms with Gasteiger partial charge in [-0.05, 0) is 55.2 Å². The predicted octanol–water partition coefficient (Wildman–Crippen LogP) is 4.71. The third-order valence-corrected chi connectivity index (χ3v) is 5.23. The maximum atomic E-state index is 13.3. The Hall–Kier alpha value is -2.88. The number of ether oxygens (including phenoxy) is 1. The van der Waals surface area contributed by atoms with Gasteiger partial charge in [-0.2, -0.15) is 0 Å². The second-order valence-corrected chi connectivity index (χ2v) is 6.89. The summed E-state index contributed by atoms with van der Waals surface area (Å²) in [4.78, 5) is 19.9. The van der Waals surface area contributed by atoms with Gasteiger partial charge in [-0.1, -0.05) is 25.1 Å². The zero-order valence-electron chi connectivity index (χ0n) is 15.3. The highest BCUT2D eigenvalue weighted by Gasteiger charge is 2.28. The van der Waals surface area contributed by atoms with Crippen molar-refractivity contribution in [3.05, 3.63) is 65.4 Å². The van der Waals surface area contributed by atoms with E-state index in [1.165, 1.54) is 5.56 Å². The number of methoxy groups -OCH3 is 1. The van der Waals surface area contributed by atoms with Crippen LogP contribution in [0.15, 0.2) is 48.5 Å². The molecule has 0 radical (unpaired) electrons. The van der Waals surface area contributed by atoms with E-state index in [-0.39, 0.29) is 5.91 Å². The fourth-order valence-corrected chi connectivity index (χ4v) is 3.70. The molecule has 0 N–H and O–H groups in total. The lowest BCUT2D eigenvalue weighted by molar-refractivity contribution is 0.0983. The summed E-state index contributed by atoms with van der Waals surface area (Å²) in [7, 11) is 1.64. The average molecular weight is 346 g/mol. The van der Waals surface area contributed by atoms with Gasteiger partial charge in [0.2, 0.25) is 0 Å². The minimum atomic E-state index is 0.0130. The third-order valence-electron chi connectivity index (χ3n) is 5.23. The summed E-state index contributed by atoms with van der Waals surface area (Å²) in [6.45, 7) is 4.84. The topological polar surface area (TPSA) is 42.4 Å². The summed E-state index contributed by atoms with van der Waals surface area (Å²) in [5.41, 5.74) is 4.52. The summed E-state index contributed by atoms with van der Waals surface area (Å²) < 4.78 is 5.30. The molecule has 26 heavy (non-hydrogen) atoms. The normalized spacial score (nSPS) is 16.4. The lowest BCUT2D eigenvalue weighted by Crippen LogP contribution is -2.36. The van der Waals surface area contributed by atoms with E-state index in [1.807, 2.05) is 54.3 Å². The molecule has 3 aromatic rings. The number of para-hydroxylation sites is 1. The first-order valence-corrected chi connectivity index (χ1v) is 8.94.